The van der Waals surface area contributed by atoms with Crippen molar-refractivity contribution in [2.24, 2.45) is 5.92 Å². The lowest BCUT2D eigenvalue weighted by Crippen LogP contribution is -2.47. The molecule has 2 unspecified atom stereocenters. The molecule has 1 aliphatic rings. The molecule has 1 heterocycles. The number of anilines is 2. The van der Waals surface area contributed by atoms with Crippen molar-refractivity contribution in [1.29, 1.82) is 0 Å². The molecular formula is C26H31N3O7. The third kappa shape index (κ3) is 6.12. The van der Waals surface area contributed by atoms with Crippen molar-refractivity contribution < 1.29 is 33.4 Å². The predicted octanol–water partition coefficient (Wildman–Crippen LogP) is 2.77. The van der Waals surface area contributed by atoms with Crippen molar-refractivity contribution in [1.82, 2.24) is 5.32 Å². The van der Waals surface area contributed by atoms with E-state index in [0.717, 1.165) is 0 Å². The van der Waals surface area contributed by atoms with Gasteiger partial charge in [-0.3, -0.25) is 14.4 Å². The second-order valence-corrected chi connectivity index (χ2v) is 8.79. The highest BCUT2D eigenvalue weighted by molar-refractivity contribution is 6.05. The monoisotopic (exact) mass is 497 g/mol. The van der Waals surface area contributed by atoms with Gasteiger partial charge in [0.1, 0.15) is 17.5 Å². The van der Waals surface area contributed by atoms with Gasteiger partial charge in [-0.2, -0.15) is 0 Å². The van der Waals surface area contributed by atoms with E-state index in [4.69, 9.17) is 14.2 Å². The van der Waals surface area contributed by atoms with Gasteiger partial charge in [-0.1, -0.05) is 26.0 Å². The molecule has 1 aliphatic heterocycles. The third-order valence-corrected chi connectivity index (χ3v) is 5.79. The summed E-state index contributed by atoms with van der Waals surface area (Å²) in [6, 6.07) is 10.2. The third-order valence-electron chi connectivity index (χ3n) is 5.79. The molecule has 3 amide bonds. The summed E-state index contributed by atoms with van der Waals surface area (Å²) in [5.74, 6) is -1.42. The Labute approximate surface area is 209 Å². The van der Waals surface area contributed by atoms with Crippen molar-refractivity contribution in [3.63, 3.8) is 0 Å². The van der Waals surface area contributed by atoms with E-state index in [1.165, 1.54) is 31.3 Å². The lowest BCUT2D eigenvalue weighted by atomic mass is 10.0. The molecule has 36 heavy (non-hydrogen) atoms. The highest BCUT2D eigenvalue weighted by Crippen LogP contribution is 2.31. The van der Waals surface area contributed by atoms with Crippen LogP contribution in [0.2, 0.25) is 0 Å². The van der Waals surface area contributed by atoms with E-state index in [-0.39, 0.29) is 23.8 Å². The number of ether oxygens (including phenoxy) is 3. The number of esters is 1. The summed E-state index contributed by atoms with van der Waals surface area (Å²) in [6.45, 7) is 4.72. The molecule has 0 aromatic heterocycles. The van der Waals surface area contributed by atoms with Crippen LogP contribution in [0.3, 0.4) is 0 Å². The number of methoxy groups -OCH3 is 2. The van der Waals surface area contributed by atoms with Crippen molar-refractivity contribution >= 4 is 35.1 Å². The Kier molecular flexibility index (Phi) is 8.52. The van der Waals surface area contributed by atoms with Gasteiger partial charge < -0.3 is 29.7 Å². The first-order valence-electron chi connectivity index (χ1n) is 11.6. The van der Waals surface area contributed by atoms with Crippen molar-refractivity contribution in [3.8, 4) is 11.5 Å². The van der Waals surface area contributed by atoms with Gasteiger partial charge in [0, 0.05) is 24.1 Å². The van der Waals surface area contributed by atoms with E-state index in [0.29, 0.717) is 22.9 Å². The Balaban J connectivity index is 1.71. The molecule has 0 bridgehead atoms. The minimum atomic E-state index is -1.00. The van der Waals surface area contributed by atoms with E-state index >= 15 is 0 Å². The number of hydrogen-bond acceptors (Lipinski definition) is 7. The SMILES string of the molecule is COc1cc(OC)cc(C(=O)NC(C(=O)OCC(=O)N2c3ccccc3NC(=O)CC2C)C(C)C)c1. The first-order valence-corrected chi connectivity index (χ1v) is 11.6. The number of benzene rings is 2. The van der Waals surface area contributed by atoms with Gasteiger partial charge >= 0.3 is 5.97 Å². The van der Waals surface area contributed by atoms with Crippen LogP contribution < -0.4 is 25.0 Å². The highest BCUT2D eigenvalue weighted by atomic mass is 16.5. The molecule has 0 saturated heterocycles. The molecule has 10 nitrogen and oxygen atoms in total. The summed E-state index contributed by atoms with van der Waals surface area (Å²) in [6.07, 6.45) is 0.100. The fourth-order valence-electron chi connectivity index (χ4n) is 3.92. The van der Waals surface area contributed by atoms with Gasteiger partial charge in [-0.25, -0.2) is 4.79 Å². The van der Waals surface area contributed by atoms with Crippen LogP contribution in [0.1, 0.15) is 37.6 Å². The number of carbonyl (C=O) groups is 4. The number of nitrogens with one attached hydrogen (secondary N) is 2. The zero-order valence-electron chi connectivity index (χ0n) is 21.0. The summed E-state index contributed by atoms with van der Waals surface area (Å²) in [4.78, 5) is 52.5. The quantitative estimate of drug-likeness (QED) is 0.538. The molecule has 2 aromatic rings. The minimum Gasteiger partial charge on any atom is -0.497 e. The number of hydrogen-bond donors (Lipinski definition) is 2. The van der Waals surface area contributed by atoms with Crippen LogP contribution in [0.5, 0.6) is 11.5 Å². The lowest BCUT2D eigenvalue weighted by Gasteiger charge is -2.28. The van der Waals surface area contributed by atoms with Gasteiger partial charge in [0.05, 0.1) is 25.6 Å². The molecule has 2 N–H and O–H groups in total. The summed E-state index contributed by atoms with van der Waals surface area (Å²) < 4.78 is 15.7. The molecule has 0 saturated carbocycles. The molecule has 2 aromatic carbocycles. The maximum atomic E-state index is 13.1. The molecule has 0 fully saturated rings. The van der Waals surface area contributed by atoms with Gasteiger partial charge in [0.2, 0.25) is 5.91 Å². The standard InChI is InChI=1S/C26H31N3O7/c1-15(2)24(28-25(32)17-11-18(34-4)13-19(12-17)35-5)26(33)36-14-23(31)29-16(3)10-22(30)27-20-8-6-7-9-21(20)29/h6-9,11-13,15-16,24H,10,14H2,1-5H3,(H,27,30)(H,28,32). The number of rotatable bonds is 8. The average Bonchev–Trinajstić information content (AvgIpc) is 2.98. The van der Waals surface area contributed by atoms with E-state index in [1.54, 1.807) is 51.1 Å². The normalized spacial score (nSPS) is 15.8. The van der Waals surface area contributed by atoms with Crippen molar-refractivity contribution in [3.05, 3.63) is 48.0 Å². The Bertz CT molecular complexity index is 1130. The van der Waals surface area contributed by atoms with Gasteiger partial charge in [-0.15, -0.1) is 0 Å². The highest BCUT2D eigenvalue weighted by Gasteiger charge is 2.32. The number of fused-ring (bicyclic) bond motifs is 1. The predicted molar refractivity (Wildman–Crippen MR) is 133 cm³/mol. The molecule has 10 heteroatoms. The number of carbonyl (C=O) groups excluding carboxylic acids is 4. The average molecular weight is 498 g/mol. The van der Waals surface area contributed by atoms with Crippen LogP contribution in [0.15, 0.2) is 42.5 Å². The Hall–Kier alpha value is -4.08. The molecule has 192 valence electrons. The van der Waals surface area contributed by atoms with Crippen LogP contribution in [0.25, 0.3) is 0 Å². The molecule has 2 atom stereocenters. The zero-order valence-corrected chi connectivity index (χ0v) is 21.0. The summed E-state index contributed by atoms with van der Waals surface area (Å²) >= 11 is 0. The first kappa shape index (κ1) is 26.5. The van der Waals surface area contributed by atoms with Crippen molar-refractivity contribution in [2.75, 3.05) is 31.0 Å². The number of nitrogens with zero attached hydrogens (tertiary/aromatic N) is 1. The Morgan fingerprint density at radius 2 is 1.72 bits per heavy atom. The smallest absolute Gasteiger partial charge is 0.329 e. The number of amides is 3. The van der Waals surface area contributed by atoms with Crippen LogP contribution in [-0.4, -0.2) is 56.6 Å². The second kappa shape index (κ2) is 11.6. The molecule has 0 radical (unpaired) electrons. The topological polar surface area (TPSA) is 123 Å². The zero-order chi connectivity index (χ0) is 26.4. The van der Waals surface area contributed by atoms with E-state index < -0.39 is 36.5 Å². The summed E-state index contributed by atoms with van der Waals surface area (Å²) in [7, 11) is 2.94. The maximum absolute atomic E-state index is 13.1. The van der Waals surface area contributed by atoms with Crippen LogP contribution >= 0.6 is 0 Å². The maximum Gasteiger partial charge on any atom is 0.329 e. The molecule has 3 rings (SSSR count). The fourth-order valence-corrected chi connectivity index (χ4v) is 3.92. The lowest BCUT2D eigenvalue weighted by molar-refractivity contribution is -0.150. The largest absolute Gasteiger partial charge is 0.497 e. The van der Waals surface area contributed by atoms with Crippen LogP contribution in [0.4, 0.5) is 11.4 Å². The van der Waals surface area contributed by atoms with Gasteiger partial charge in [0.15, 0.2) is 6.61 Å². The van der Waals surface area contributed by atoms with Gasteiger partial charge in [-0.05, 0) is 37.1 Å². The van der Waals surface area contributed by atoms with Crippen molar-refractivity contribution in [2.45, 2.75) is 39.3 Å². The second-order valence-electron chi connectivity index (χ2n) is 8.79. The van der Waals surface area contributed by atoms with E-state index in [1.807, 2.05) is 0 Å². The molecule has 0 spiro atoms. The minimum absolute atomic E-state index is 0.100. The summed E-state index contributed by atoms with van der Waals surface area (Å²) in [5, 5.41) is 5.46. The van der Waals surface area contributed by atoms with Crippen LogP contribution in [-0.2, 0) is 19.1 Å². The molecule has 0 aliphatic carbocycles. The van der Waals surface area contributed by atoms with Gasteiger partial charge in [0.25, 0.3) is 11.8 Å². The fraction of sp³-hybridized carbons (Fsp3) is 0.385. The molecular weight excluding hydrogens is 466 g/mol. The van der Waals surface area contributed by atoms with Crippen LogP contribution in [0, 0.1) is 5.92 Å². The number of para-hydroxylation sites is 2. The van der Waals surface area contributed by atoms with E-state index in [9.17, 15) is 19.2 Å². The summed E-state index contributed by atoms with van der Waals surface area (Å²) in [5.41, 5.74) is 1.28. The Morgan fingerprint density at radius 3 is 2.33 bits per heavy atom. The Morgan fingerprint density at radius 1 is 1.08 bits per heavy atom. The van der Waals surface area contributed by atoms with E-state index in [2.05, 4.69) is 10.6 Å². The first-order chi connectivity index (χ1) is 17.1.